The van der Waals surface area contributed by atoms with Crippen molar-refractivity contribution in [2.45, 2.75) is 59.2 Å². The van der Waals surface area contributed by atoms with Gasteiger partial charge in [-0.25, -0.2) is 4.98 Å². The molecular formula is C15H27N3S. The van der Waals surface area contributed by atoms with E-state index in [1.807, 2.05) is 17.5 Å². The Labute approximate surface area is 121 Å². The van der Waals surface area contributed by atoms with Crippen LogP contribution in [0.1, 0.15) is 44.0 Å². The first-order valence-electron chi connectivity index (χ1n) is 7.55. The quantitative estimate of drug-likeness (QED) is 0.899. The summed E-state index contributed by atoms with van der Waals surface area (Å²) in [7, 11) is 0. The van der Waals surface area contributed by atoms with Gasteiger partial charge in [0.2, 0.25) is 0 Å². The number of aryl methyl sites for hydroxylation is 1. The van der Waals surface area contributed by atoms with Crippen LogP contribution in [0.15, 0.2) is 6.20 Å². The highest BCUT2D eigenvalue weighted by molar-refractivity contribution is 7.11. The summed E-state index contributed by atoms with van der Waals surface area (Å²) >= 11 is 1.87. The third-order valence-corrected chi connectivity index (χ3v) is 5.48. The molecule has 0 amide bonds. The molecule has 4 heteroatoms. The molecule has 1 saturated heterocycles. The van der Waals surface area contributed by atoms with Crippen LogP contribution in [0.4, 0.5) is 0 Å². The van der Waals surface area contributed by atoms with Gasteiger partial charge in [-0.2, -0.15) is 0 Å². The van der Waals surface area contributed by atoms with Gasteiger partial charge in [0.05, 0.1) is 6.54 Å². The lowest BCUT2D eigenvalue weighted by Gasteiger charge is -2.40. The van der Waals surface area contributed by atoms with Crippen molar-refractivity contribution < 1.29 is 0 Å². The largest absolute Gasteiger partial charge is 0.311 e. The maximum absolute atomic E-state index is 4.56. The first kappa shape index (κ1) is 14.9. The summed E-state index contributed by atoms with van der Waals surface area (Å²) in [5.74, 6) is 0.748. The van der Waals surface area contributed by atoms with Crippen molar-refractivity contribution in [3.05, 3.63) is 16.1 Å². The van der Waals surface area contributed by atoms with Crippen LogP contribution in [-0.4, -0.2) is 35.1 Å². The van der Waals surface area contributed by atoms with E-state index in [-0.39, 0.29) is 0 Å². The van der Waals surface area contributed by atoms with Crippen LogP contribution < -0.4 is 5.32 Å². The number of nitrogens with one attached hydrogen (secondary N) is 1. The van der Waals surface area contributed by atoms with Gasteiger partial charge in [0.15, 0.2) is 0 Å². The molecule has 0 aliphatic carbocycles. The molecule has 19 heavy (non-hydrogen) atoms. The number of rotatable bonds is 5. The molecule has 3 unspecified atom stereocenters. The van der Waals surface area contributed by atoms with E-state index in [2.05, 4.69) is 42.9 Å². The van der Waals surface area contributed by atoms with E-state index in [1.54, 1.807) is 0 Å². The number of thiazole rings is 1. The summed E-state index contributed by atoms with van der Waals surface area (Å²) in [5, 5.41) is 4.96. The predicted octanol–water partition coefficient (Wildman–Crippen LogP) is 2.91. The molecule has 2 heterocycles. The lowest BCUT2D eigenvalue weighted by atomic mass is 9.96. The van der Waals surface area contributed by atoms with Crippen molar-refractivity contribution in [2.24, 2.45) is 5.92 Å². The van der Waals surface area contributed by atoms with Gasteiger partial charge in [0, 0.05) is 36.2 Å². The fraction of sp³-hybridized carbons (Fsp3) is 0.800. The molecule has 0 bridgehead atoms. The van der Waals surface area contributed by atoms with Crippen LogP contribution in [-0.2, 0) is 13.0 Å². The highest BCUT2D eigenvalue weighted by Gasteiger charge is 2.28. The highest BCUT2D eigenvalue weighted by atomic mass is 32.1. The Balaban J connectivity index is 1.97. The van der Waals surface area contributed by atoms with E-state index in [1.165, 1.54) is 16.3 Å². The molecule has 1 aromatic heterocycles. The van der Waals surface area contributed by atoms with Gasteiger partial charge in [-0.15, -0.1) is 11.3 Å². The molecule has 1 aliphatic heterocycles. The van der Waals surface area contributed by atoms with Gasteiger partial charge in [-0.05, 0) is 19.3 Å². The number of nitrogens with zero attached hydrogens (tertiary/aromatic N) is 2. The first-order valence-corrected chi connectivity index (χ1v) is 8.36. The van der Waals surface area contributed by atoms with Crippen LogP contribution in [0.25, 0.3) is 0 Å². The third kappa shape index (κ3) is 3.77. The molecule has 1 N–H and O–H groups in total. The van der Waals surface area contributed by atoms with Crippen LogP contribution in [0.2, 0.25) is 0 Å². The van der Waals surface area contributed by atoms with Gasteiger partial charge in [-0.1, -0.05) is 27.2 Å². The fourth-order valence-corrected chi connectivity index (χ4v) is 3.48. The van der Waals surface area contributed by atoms with E-state index in [4.69, 9.17) is 0 Å². The SMILES string of the molecule is CCc1cnc(CN2CC(C(C)CC)NCC2C)s1. The van der Waals surface area contributed by atoms with E-state index < -0.39 is 0 Å². The van der Waals surface area contributed by atoms with Crippen LogP contribution >= 0.6 is 11.3 Å². The summed E-state index contributed by atoms with van der Waals surface area (Å²) in [6.45, 7) is 12.4. The Morgan fingerprint density at radius 2 is 2.32 bits per heavy atom. The minimum Gasteiger partial charge on any atom is -0.311 e. The second-order valence-corrected chi connectivity index (χ2v) is 6.95. The third-order valence-electron chi connectivity index (χ3n) is 4.35. The molecule has 1 aliphatic rings. The van der Waals surface area contributed by atoms with Crippen LogP contribution in [0, 0.1) is 5.92 Å². The zero-order chi connectivity index (χ0) is 13.8. The normalized spacial score (nSPS) is 26.5. The predicted molar refractivity (Wildman–Crippen MR) is 82.6 cm³/mol. The summed E-state index contributed by atoms with van der Waals surface area (Å²) < 4.78 is 0. The van der Waals surface area contributed by atoms with Crippen LogP contribution in [0.5, 0.6) is 0 Å². The van der Waals surface area contributed by atoms with E-state index >= 15 is 0 Å². The maximum atomic E-state index is 4.56. The molecule has 1 fully saturated rings. The maximum Gasteiger partial charge on any atom is 0.107 e. The number of piperazine rings is 1. The molecule has 0 saturated carbocycles. The Hall–Kier alpha value is -0.450. The van der Waals surface area contributed by atoms with Gasteiger partial charge in [0.25, 0.3) is 0 Å². The Morgan fingerprint density at radius 3 is 2.95 bits per heavy atom. The van der Waals surface area contributed by atoms with Crippen molar-refractivity contribution in [1.82, 2.24) is 15.2 Å². The molecule has 2 rings (SSSR count). The highest BCUT2D eigenvalue weighted by Crippen LogP contribution is 2.20. The Kier molecular flexibility index (Phi) is 5.37. The molecule has 3 nitrogen and oxygen atoms in total. The topological polar surface area (TPSA) is 28.2 Å². The number of hydrogen-bond acceptors (Lipinski definition) is 4. The Bertz CT molecular complexity index is 390. The van der Waals surface area contributed by atoms with Crippen molar-refractivity contribution in [3.63, 3.8) is 0 Å². The molecule has 0 radical (unpaired) electrons. The van der Waals surface area contributed by atoms with E-state index in [0.717, 1.165) is 32.0 Å². The summed E-state index contributed by atoms with van der Waals surface area (Å²) in [6, 6.07) is 1.24. The van der Waals surface area contributed by atoms with Gasteiger partial charge < -0.3 is 5.32 Å². The second-order valence-electron chi connectivity index (χ2n) is 5.75. The van der Waals surface area contributed by atoms with Crippen molar-refractivity contribution >= 4 is 11.3 Å². The molecule has 0 spiro atoms. The zero-order valence-electron chi connectivity index (χ0n) is 12.6. The first-order chi connectivity index (χ1) is 9.13. The standard InChI is InChI=1S/C15H27N3S/c1-5-11(3)14-9-18(12(4)7-16-14)10-15-17-8-13(6-2)19-15/h8,11-12,14,16H,5-7,9-10H2,1-4H3. The lowest BCUT2D eigenvalue weighted by Crippen LogP contribution is -2.56. The average molecular weight is 281 g/mol. The minimum atomic E-state index is 0.606. The minimum absolute atomic E-state index is 0.606. The molecule has 1 aromatic rings. The molecule has 0 aromatic carbocycles. The molecule has 108 valence electrons. The lowest BCUT2D eigenvalue weighted by molar-refractivity contribution is 0.112. The second kappa shape index (κ2) is 6.82. The summed E-state index contributed by atoms with van der Waals surface area (Å²) in [6.07, 6.45) is 4.39. The number of hydrogen-bond donors (Lipinski definition) is 1. The molecule has 3 atom stereocenters. The fourth-order valence-electron chi connectivity index (χ4n) is 2.59. The van der Waals surface area contributed by atoms with E-state index in [9.17, 15) is 0 Å². The van der Waals surface area contributed by atoms with E-state index in [0.29, 0.717) is 12.1 Å². The van der Waals surface area contributed by atoms with Crippen molar-refractivity contribution in [2.75, 3.05) is 13.1 Å². The van der Waals surface area contributed by atoms with Crippen LogP contribution in [0.3, 0.4) is 0 Å². The summed E-state index contributed by atoms with van der Waals surface area (Å²) in [4.78, 5) is 8.55. The van der Waals surface area contributed by atoms with Gasteiger partial charge >= 0.3 is 0 Å². The van der Waals surface area contributed by atoms with Gasteiger partial charge in [0.1, 0.15) is 5.01 Å². The molecular weight excluding hydrogens is 254 g/mol. The Morgan fingerprint density at radius 1 is 1.53 bits per heavy atom. The zero-order valence-corrected chi connectivity index (χ0v) is 13.5. The smallest absolute Gasteiger partial charge is 0.107 e. The van der Waals surface area contributed by atoms with Crippen molar-refractivity contribution in [3.8, 4) is 0 Å². The van der Waals surface area contributed by atoms with Crippen molar-refractivity contribution in [1.29, 1.82) is 0 Å². The van der Waals surface area contributed by atoms with Gasteiger partial charge in [-0.3, -0.25) is 4.90 Å². The summed E-state index contributed by atoms with van der Waals surface area (Å²) in [5.41, 5.74) is 0. The monoisotopic (exact) mass is 281 g/mol. The number of aromatic nitrogens is 1. The average Bonchev–Trinajstić information content (AvgIpc) is 2.88.